The zero-order valence-corrected chi connectivity index (χ0v) is 21.5. The number of rotatable bonds is 7. The van der Waals surface area contributed by atoms with Gasteiger partial charge in [0.05, 0.1) is 38.2 Å². The van der Waals surface area contributed by atoms with Gasteiger partial charge in [-0.15, -0.1) is 0 Å². The van der Waals surface area contributed by atoms with Gasteiger partial charge in [0, 0.05) is 12.5 Å². The van der Waals surface area contributed by atoms with Gasteiger partial charge in [0.15, 0.2) is 11.6 Å². The highest BCUT2D eigenvalue weighted by atomic mass is 19.1. The van der Waals surface area contributed by atoms with E-state index in [4.69, 9.17) is 20.9 Å². The molecule has 0 radical (unpaired) electrons. The molecule has 2 aromatic carbocycles. The molecular formula is C27H24F2N8O3. The standard InChI is InChI=1S/C27H24F2N8O3/c1-39-18-8-5-6-15(10-18)14-36(27(38)40-2)23-24(30)33-26(34-25(23)31)37-21-12-17(28)13-32-22(21)20(35-37)11-16-7-3-4-9-19(16)29/h3-10,12-13H,11,14H2,1-2H3,(H4,30,31,33,34). The van der Waals surface area contributed by atoms with Crippen molar-refractivity contribution in [3.05, 3.63) is 89.2 Å². The average Bonchev–Trinajstić information content (AvgIpc) is 3.30. The number of nitrogens with two attached hydrogens (primary N) is 2. The quantitative estimate of drug-likeness (QED) is 0.309. The Bertz CT molecular complexity index is 1700. The summed E-state index contributed by atoms with van der Waals surface area (Å²) in [5.74, 6) is -0.854. The monoisotopic (exact) mass is 546 g/mol. The molecule has 11 nitrogen and oxygen atoms in total. The third-order valence-electron chi connectivity index (χ3n) is 6.13. The van der Waals surface area contributed by atoms with Gasteiger partial charge in [-0.3, -0.25) is 4.90 Å². The third-order valence-corrected chi connectivity index (χ3v) is 6.13. The number of amides is 1. The fourth-order valence-corrected chi connectivity index (χ4v) is 4.28. The minimum atomic E-state index is -0.749. The highest BCUT2D eigenvalue weighted by Crippen LogP contribution is 2.32. The lowest BCUT2D eigenvalue weighted by Gasteiger charge is -2.23. The number of carbonyl (C=O) groups excluding carboxylic acids is 1. The summed E-state index contributed by atoms with van der Waals surface area (Å²) >= 11 is 0. The van der Waals surface area contributed by atoms with Gasteiger partial charge in [-0.25, -0.2) is 18.6 Å². The highest BCUT2D eigenvalue weighted by molar-refractivity contribution is 5.95. The Labute approximate surface area is 227 Å². The number of nitrogens with zero attached hydrogens (tertiary/aromatic N) is 6. The molecule has 0 aliphatic carbocycles. The van der Waals surface area contributed by atoms with E-state index in [0.717, 1.165) is 6.20 Å². The molecule has 0 bridgehead atoms. The molecular weight excluding hydrogens is 522 g/mol. The van der Waals surface area contributed by atoms with Crippen LogP contribution in [0, 0.1) is 11.6 Å². The van der Waals surface area contributed by atoms with E-state index in [1.807, 2.05) is 0 Å². The van der Waals surface area contributed by atoms with Crippen molar-refractivity contribution in [1.82, 2.24) is 24.7 Å². The molecule has 0 saturated carbocycles. The first-order valence-electron chi connectivity index (χ1n) is 12.0. The van der Waals surface area contributed by atoms with E-state index in [-0.39, 0.29) is 41.8 Å². The molecule has 4 N–H and O–H groups in total. The molecule has 1 amide bonds. The van der Waals surface area contributed by atoms with Crippen molar-refractivity contribution in [2.24, 2.45) is 0 Å². The second-order valence-corrected chi connectivity index (χ2v) is 8.70. The fraction of sp³-hybridized carbons (Fsp3) is 0.148. The van der Waals surface area contributed by atoms with Crippen LogP contribution in [0.3, 0.4) is 0 Å². The van der Waals surface area contributed by atoms with Gasteiger partial charge in [0.2, 0.25) is 0 Å². The molecule has 0 saturated heterocycles. The zero-order chi connectivity index (χ0) is 28.4. The summed E-state index contributed by atoms with van der Waals surface area (Å²) in [7, 11) is 2.75. The number of pyridine rings is 1. The first-order valence-corrected chi connectivity index (χ1v) is 12.0. The molecule has 0 unspecified atom stereocenters. The number of fused-ring (bicyclic) bond motifs is 1. The maximum Gasteiger partial charge on any atom is 0.414 e. The van der Waals surface area contributed by atoms with E-state index in [2.05, 4.69) is 20.1 Å². The van der Waals surface area contributed by atoms with E-state index in [0.29, 0.717) is 28.1 Å². The van der Waals surface area contributed by atoms with Crippen LogP contribution in [0.15, 0.2) is 60.8 Å². The first-order chi connectivity index (χ1) is 19.3. The molecule has 5 rings (SSSR count). The second kappa shape index (κ2) is 10.8. The van der Waals surface area contributed by atoms with Crippen LogP contribution in [-0.4, -0.2) is 45.0 Å². The summed E-state index contributed by atoms with van der Waals surface area (Å²) in [6.45, 7) is 0.0214. The number of benzene rings is 2. The number of hydrogen-bond acceptors (Lipinski definition) is 9. The molecule has 0 atom stereocenters. The first kappa shape index (κ1) is 26.3. The second-order valence-electron chi connectivity index (χ2n) is 8.70. The summed E-state index contributed by atoms with van der Waals surface area (Å²) in [5, 5.41) is 4.50. The molecule has 40 heavy (non-hydrogen) atoms. The van der Waals surface area contributed by atoms with Crippen molar-refractivity contribution in [2.75, 3.05) is 30.6 Å². The van der Waals surface area contributed by atoms with Crippen LogP contribution in [0.2, 0.25) is 0 Å². The number of carbonyl (C=O) groups is 1. The van der Waals surface area contributed by atoms with E-state index in [1.165, 1.54) is 35.9 Å². The van der Waals surface area contributed by atoms with Gasteiger partial charge < -0.3 is 20.9 Å². The molecule has 0 aliphatic rings. The van der Waals surface area contributed by atoms with Crippen molar-refractivity contribution >= 4 is 34.4 Å². The predicted octanol–water partition coefficient (Wildman–Crippen LogP) is 4.03. The third kappa shape index (κ3) is 5.04. The van der Waals surface area contributed by atoms with Crippen LogP contribution in [0.25, 0.3) is 17.0 Å². The van der Waals surface area contributed by atoms with Gasteiger partial charge in [-0.05, 0) is 29.3 Å². The van der Waals surface area contributed by atoms with E-state index < -0.39 is 17.7 Å². The Morgan fingerprint density at radius 3 is 2.48 bits per heavy atom. The van der Waals surface area contributed by atoms with Crippen molar-refractivity contribution in [3.63, 3.8) is 0 Å². The van der Waals surface area contributed by atoms with Crippen LogP contribution in [0.1, 0.15) is 16.8 Å². The van der Waals surface area contributed by atoms with Gasteiger partial charge in [-0.1, -0.05) is 30.3 Å². The van der Waals surface area contributed by atoms with Crippen molar-refractivity contribution in [1.29, 1.82) is 0 Å². The molecule has 5 aromatic rings. The van der Waals surface area contributed by atoms with E-state index in [9.17, 15) is 13.6 Å². The number of halogens is 2. The Morgan fingerprint density at radius 2 is 1.77 bits per heavy atom. The fourth-order valence-electron chi connectivity index (χ4n) is 4.28. The van der Waals surface area contributed by atoms with Crippen molar-refractivity contribution in [2.45, 2.75) is 13.0 Å². The van der Waals surface area contributed by atoms with Crippen molar-refractivity contribution in [3.8, 4) is 11.7 Å². The topological polar surface area (TPSA) is 147 Å². The summed E-state index contributed by atoms with van der Waals surface area (Å²) in [6, 6.07) is 14.5. The van der Waals surface area contributed by atoms with Crippen LogP contribution in [0.4, 0.5) is 30.9 Å². The minimum Gasteiger partial charge on any atom is -0.497 e. The van der Waals surface area contributed by atoms with Crippen molar-refractivity contribution < 1.29 is 23.0 Å². The lowest BCUT2D eigenvalue weighted by atomic mass is 10.1. The maximum atomic E-state index is 14.4. The largest absolute Gasteiger partial charge is 0.497 e. The summed E-state index contributed by atoms with van der Waals surface area (Å²) < 4.78 is 40.0. The van der Waals surface area contributed by atoms with Crippen LogP contribution in [0.5, 0.6) is 5.75 Å². The number of aromatic nitrogens is 5. The zero-order valence-electron chi connectivity index (χ0n) is 21.5. The molecule has 0 aliphatic heterocycles. The van der Waals surface area contributed by atoms with Gasteiger partial charge in [0.25, 0.3) is 5.95 Å². The summed E-state index contributed by atoms with van der Waals surface area (Å²) in [6.07, 6.45) is 0.369. The maximum absolute atomic E-state index is 14.4. The molecule has 204 valence electrons. The number of methoxy groups -OCH3 is 2. The predicted molar refractivity (Wildman–Crippen MR) is 144 cm³/mol. The summed E-state index contributed by atoms with van der Waals surface area (Å²) in [5.41, 5.74) is 14.6. The smallest absolute Gasteiger partial charge is 0.414 e. The highest BCUT2D eigenvalue weighted by Gasteiger charge is 2.26. The Balaban J connectivity index is 1.58. The molecule has 13 heteroatoms. The average molecular weight is 547 g/mol. The lowest BCUT2D eigenvalue weighted by molar-refractivity contribution is 0.178. The molecule has 0 spiro atoms. The van der Waals surface area contributed by atoms with Gasteiger partial charge >= 0.3 is 6.09 Å². The van der Waals surface area contributed by atoms with E-state index >= 15 is 0 Å². The van der Waals surface area contributed by atoms with Crippen LogP contribution >= 0.6 is 0 Å². The normalized spacial score (nSPS) is 11.0. The molecule has 3 aromatic heterocycles. The van der Waals surface area contributed by atoms with Gasteiger partial charge in [-0.2, -0.15) is 19.7 Å². The minimum absolute atomic E-state index is 0.0192. The van der Waals surface area contributed by atoms with Gasteiger partial charge in [0.1, 0.15) is 28.6 Å². The van der Waals surface area contributed by atoms with Crippen LogP contribution < -0.4 is 21.1 Å². The molecule has 0 fully saturated rings. The Hall–Kier alpha value is -5.33. The Kier molecular flexibility index (Phi) is 7.10. The molecule has 3 heterocycles. The Morgan fingerprint density at radius 1 is 1.02 bits per heavy atom. The number of hydrogen-bond donors (Lipinski definition) is 2. The van der Waals surface area contributed by atoms with E-state index in [1.54, 1.807) is 42.5 Å². The lowest BCUT2D eigenvalue weighted by Crippen LogP contribution is -2.32. The SMILES string of the molecule is COC(=O)N(Cc1cccc(OC)c1)c1c(N)nc(-n2nc(Cc3ccccc3F)c3ncc(F)cc32)nc1N. The van der Waals surface area contributed by atoms with Crippen LogP contribution in [-0.2, 0) is 17.7 Å². The number of nitrogen functional groups attached to an aromatic ring is 2. The number of ether oxygens (including phenoxy) is 2. The summed E-state index contributed by atoms with van der Waals surface area (Å²) in [4.78, 5) is 26.8. The number of anilines is 3.